The molecule has 0 aliphatic rings. The fourth-order valence-corrected chi connectivity index (χ4v) is 1.43. The lowest BCUT2D eigenvalue weighted by Gasteiger charge is -2.06. The first-order valence-electron chi connectivity index (χ1n) is 4.62. The summed E-state index contributed by atoms with van der Waals surface area (Å²) in [6, 6.07) is 6.30. The van der Waals surface area contributed by atoms with Gasteiger partial charge in [-0.1, -0.05) is 40.2 Å². The number of rotatable bonds is 5. The number of aliphatic hydroxyl groups is 1. The smallest absolute Gasteiger partial charge is 0.337 e. The van der Waals surface area contributed by atoms with Crippen molar-refractivity contribution in [3.63, 3.8) is 0 Å². The zero-order valence-corrected chi connectivity index (χ0v) is 9.98. The van der Waals surface area contributed by atoms with Crippen molar-refractivity contribution in [2.45, 2.75) is 12.5 Å². The van der Waals surface area contributed by atoms with Gasteiger partial charge in [-0.2, -0.15) is 0 Å². The maximum absolute atomic E-state index is 11.1. The van der Waals surface area contributed by atoms with E-state index >= 15 is 0 Å². The molecule has 0 radical (unpaired) electrons. The van der Waals surface area contributed by atoms with Gasteiger partial charge in [-0.3, -0.25) is 4.79 Å². The molecule has 0 bridgehead atoms. The molecule has 1 atom stereocenters. The van der Waals surface area contributed by atoms with E-state index in [2.05, 4.69) is 15.9 Å². The summed E-state index contributed by atoms with van der Waals surface area (Å²) in [4.78, 5) is 21.6. The van der Waals surface area contributed by atoms with E-state index in [1.165, 1.54) is 12.1 Å². The second-order valence-electron chi connectivity index (χ2n) is 3.33. The van der Waals surface area contributed by atoms with Crippen LogP contribution in [0.15, 0.2) is 24.3 Å². The number of carbonyl (C=O) groups is 2. The van der Waals surface area contributed by atoms with Gasteiger partial charge in [0.1, 0.15) is 5.78 Å². The molecule has 0 fully saturated rings. The highest BCUT2D eigenvalue weighted by atomic mass is 79.9. The predicted octanol–water partition coefficient (Wildman–Crippen LogP) is 1.31. The molecule has 0 heterocycles. The Kier molecular flexibility index (Phi) is 4.64. The lowest BCUT2D eigenvalue weighted by molar-refractivity contribution is -0.147. The number of hydrogen-bond donors (Lipinski definition) is 2. The summed E-state index contributed by atoms with van der Waals surface area (Å²) < 4.78 is 0. The first-order chi connectivity index (χ1) is 7.54. The van der Waals surface area contributed by atoms with Gasteiger partial charge in [-0.15, -0.1) is 0 Å². The van der Waals surface area contributed by atoms with Crippen molar-refractivity contribution in [2.24, 2.45) is 0 Å². The standard InChI is InChI=1S/C11H11BrO4/c12-6-9(13)5-7-1-3-8(4-2-7)10(14)11(15)16/h1-4,10,14H,5-6H2,(H,15,16). The maximum Gasteiger partial charge on any atom is 0.337 e. The zero-order valence-electron chi connectivity index (χ0n) is 8.39. The van der Waals surface area contributed by atoms with Crippen molar-refractivity contribution >= 4 is 27.7 Å². The molecule has 0 spiro atoms. The van der Waals surface area contributed by atoms with E-state index in [0.717, 1.165) is 5.56 Å². The molecule has 0 saturated heterocycles. The minimum Gasteiger partial charge on any atom is -0.479 e. The normalized spacial score (nSPS) is 12.1. The molecular weight excluding hydrogens is 276 g/mol. The van der Waals surface area contributed by atoms with Crippen molar-refractivity contribution < 1.29 is 19.8 Å². The van der Waals surface area contributed by atoms with Crippen molar-refractivity contribution in [1.29, 1.82) is 0 Å². The minimum absolute atomic E-state index is 0.0477. The second kappa shape index (κ2) is 5.77. The second-order valence-corrected chi connectivity index (χ2v) is 3.89. The van der Waals surface area contributed by atoms with Gasteiger partial charge in [0.25, 0.3) is 0 Å². The van der Waals surface area contributed by atoms with Crippen LogP contribution in [0.4, 0.5) is 0 Å². The van der Waals surface area contributed by atoms with Crippen LogP contribution in [-0.2, 0) is 16.0 Å². The quantitative estimate of drug-likeness (QED) is 0.801. The van der Waals surface area contributed by atoms with Crippen molar-refractivity contribution in [1.82, 2.24) is 0 Å². The molecule has 86 valence electrons. The molecule has 16 heavy (non-hydrogen) atoms. The van der Waals surface area contributed by atoms with Gasteiger partial charge in [0, 0.05) is 6.42 Å². The van der Waals surface area contributed by atoms with E-state index in [0.29, 0.717) is 17.3 Å². The van der Waals surface area contributed by atoms with Crippen LogP contribution in [0.5, 0.6) is 0 Å². The van der Waals surface area contributed by atoms with Gasteiger partial charge in [0.15, 0.2) is 6.10 Å². The molecule has 1 aromatic rings. The highest BCUT2D eigenvalue weighted by molar-refractivity contribution is 9.09. The van der Waals surface area contributed by atoms with Crippen LogP contribution in [0.25, 0.3) is 0 Å². The topological polar surface area (TPSA) is 74.6 Å². The Labute approximate surface area is 101 Å². The number of carbonyl (C=O) groups excluding carboxylic acids is 1. The largest absolute Gasteiger partial charge is 0.479 e. The highest BCUT2D eigenvalue weighted by Crippen LogP contribution is 2.14. The zero-order chi connectivity index (χ0) is 12.1. The SMILES string of the molecule is O=C(CBr)Cc1ccc(C(O)C(=O)O)cc1. The molecule has 1 unspecified atom stereocenters. The van der Waals surface area contributed by atoms with Gasteiger partial charge in [-0.25, -0.2) is 4.79 Å². The molecule has 1 aromatic carbocycles. The van der Waals surface area contributed by atoms with E-state index in [9.17, 15) is 14.7 Å². The summed E-state index contributed by atoms with van der Waals surface area (Å²) in [7, 11) is 0. The van der Waals surface area contributed by atoms with Gasteiger partial charge < -0.3 is 10.2 Å². The molecule has 0 aliphatic carbocycles. The van der Waals surface area contributed by atoms with Gasteiger partial charge in [-0.05, 0) is 11.1 Å². The number of Topliss-reactive ketones (excluding diaryl/α,β-unsaturated/α-hetero) is 1. The number of aliphatic hydroxyl groups excluding tert-OH is 1. The molecule has 0 aromatic heterocycles. The first kappa shape index (κ1) is 12.9. The van der Waals surface area contributed by atoms with E-state index in [1.54, 1.807) is 12.1 Å². The molecular formula is C11H11BrO4. The Morgan fingerprint density at radius 3 is 2.25 bits per heavy atom. The number of ketones is 1. The number of carboxylic acids is 1. The van der Waals surface area contributed by atoms with Crippen LogP contribution < -0.4 is 0 Å². The molecule has 2 N–H and O–H groups in total. The number of alkyl halides is 1. The van der Waals surface area contributed by atoms with E-state index in [1.807, 2.05) is 0 Å². The number of hydrogen-bond acceptors (Lipinski definition) is 3. The van der Waals surface area contributed by atoms with Crippen LogP contribution >= 0.6 is 15.9 Å². The lowest BCUT2D eigenvalue weighted by atomic mass is 10.0. The summed E-state index contributed by atoms with van der Waals surface area (Å²) in [5.74, 6) is -1.24. The Balaban J connectivity index is 2.75. The van der Waals surface area contributed by atoms with Crippen LogP contribution in [0.1, 0.15) is 17.2 Å². The van der Waals surface area contributed by atoms with E-state index in [4.69, 9.17) is 5.11 Å². The van der Waals surface area contributed by atoms with E-state index in [-0.39, 0.29) is 5.78 Å². The fraction of sp³-hybridized carbons (Fsp3) is 0.273. The molecule has 0 saturated carbocycles. The molecule has 1 rings (SSSR count). The van der Waals surface area contributed by atoms with Gasteiger partial charge in [0.2, 0.25) is 0 Å². The predicted molar refractivity (Wildman–Crippen MR) is 61.5 cm³/mol. The van der Waals surface area contributed by atoms with Crippen molar-refractivity contribution in [3.8, 4) is 0 Å². The maximum atomic E-state index is 11.1. The Morgan fingerprint density at radius 2 is 1.81 bits per heavy atom. The minimum atomic E-state index is -1.51. The fourth-order valence-electron chi connectivity index (χ4n) is 1.24. The summed E-state index contributed by atoms with van der Waals surface area (Å²) in [5, 5.41) is 18.1. The summed E-state index contributed by atoms with van der Waals surface area (Å²) >= 11 is 3.06. The van der Waals surface area contributed by atoms with Crippen molar-refractivity contribution in [3.05, 3.63) is 35.4 Å². The molecule has 0 aliphatic heterocycles. The lowest BCUT2D eigenvalue weighted by Crippen LogP contribution is -2.10. The highest BCUT2D eigenvalue weighted by Gasteiger charge is 2.15. The van der Waals surface area contributed by atoms with Gasteiger partial charge in [0.05, 0.1) is 5.33 Å². The number of carboxylic acid groups (broad SMARTS) is 1. The van der Waals surface area contributed by atoms with Gasteiger partial charge >= 0.3 is 5.97 Å². The Bertz CT molecular complexity index is 385. The summed E-state index contributed by atoms with van der Waals surface area (Å²) in [6.07, 6.45) is -1.21. The van der Waals surface area contributed by atoms with Crippen LogP contribution in [0, 0.1) is 0 Å². The average molecular weight is 287 g/mol. The summed E-state index contributed by atoms with van der Waals surface area (Å²) in [5.41, 5.74) is 1.10. The number of aliphatic carboxylic acids is 1. The third kappa shape index (κ3) is 3.43. The Morgan fingerprint density at radius 1 is 1.25 bits per heavy atom. The molecule has 5 heteroatoms. The molecule has 0 amide bonds. The first-order valence-corrected chi connectivity index (χ1v) is 5.74. The third-order valence-electron chi connectivity index (χ3n) is 2.08. The van der Waals surface area contributed by atoms with E-state index < -0.39 is 12.1 Å². The van der Waals surface area contributed by atoms with Crippen LogP contribution in [0.2, 0.25) is 0 Å². The van der Waals surface area contributed by atoms with Crippen LogP contribution in [-0.4, -0.2) is 27.3 Å². The summed E-state index contributed by atoms with van der Waals surface area (Å²) in [6.45, 7) is 0. The van der Waals surface area contributed by atoms with Crippen molar-refractivity contribution in [2.75, 3.05) is 5.33 Å². The average Bonchev–Trinajstić information content (AvgIpc) is 2.28. The number of halogens is 1. The number of benzene rings is 1. The van der Waals surface area contributed by atoms with Crippen LogP contribution in [0.3, 0.4) is 0 Å². The molecule has 4 nitrogen and oxygen atoms in total. The third-order valence-corrected chi connectivity index (χ3v) is 2.71. The Hall–Kier alpha value is -1.20. The monoisotopic (exact) mass is 286 g/mol.